The van der Waals surface area contributed by atoms with Gasteiger partial charge in [0.05, 0.1) is 18.0 Å². The third kappa shape index (κ3) is 3.62. The largest absolute Gasteiger partial charge is 0.456 e. The molecule has 1 aliphatic rings. The lowest BCUT2D eigenvalue weighted by atomic mass is 9.83. The summed E-state index contributed by atoms with van der Waals surface area (Å²) in [5.74, 6) is -0.333. The average molecular weight is 307 g/mol. The Balaban J connectivity index is 2.21. The van der Waals surface area contributed by atoms with Crippen molar-refractivity contribution in [2.24, 2.45) is 5.92 Å². The van der Waals surface area contributed by atoms with Gasteiger partial charge in [-0.2, -0.15) is 0 Å². The number of nitro groups is 1. The third-order valence-corrected chi connectivity index (χ3v) is 4.35. The minimum atomic E-state index is -0.622. The van der Waals surface area contributed by atoms with Crippen LogP contribution in [0.15, 0.2) is 18.2 Å². The number of nitro benzene ring substituents is 1. The van der Waals surface area contributed by atoms with Gasteiger partial charge in [0.25, 0.3) is 5.69 Å². The lowest BCUT2D eigenvalue weighted by Crippen LogP contribution is -2.86. The van der Waals surface area contributed by atoms with Gasteiger partial charge in [0.1, 0.15) is 11.2 Å². The summed E-state index contributed by atoms with van der Waals surface area (Å²) in [5, 5.41) is 13.3. The number of hydrogen-bond acceptors (Lipinski definition) is 4. The summed E-state index contributed by atoms with van der Waals surface area (Å²) in [6.07, 6.45) is 1.96. The predicted octanol–water partition coefficient (Wildman–Crippen LogP) is 1.81. The van der Waals surface area contributed by atoms with E-state index >= 15 is 0 Å². The molecule has 0 spiro atoms. The standard InChI is InChI=1S/C16H22N2O4/c1-11-4-5-14(18(20)21)13(10-11)15(19)22-16(2,3)12-6-8-17-9-7-12/h4-5,10,12,17H,6-9H2,1-3H3/p+1. The summed E-state index contributed by atoms with van der Waals surface area (Å²) in [4.78, 5) is 23.0. The van der Waals surface area contributed by atoms with E-state index in [1.165, 1.54) is 12.1 Å². The molecule has 1 fully saturated rings. The molecule has 0 radical (unpaired) electrons. The molecule has 0 bridgehead atoms. The van der Waals surface area contributed by atoms with Crippen LogP contribution < -0.4 is 5.32 Å². The first-order valence-corrected chi connectivity index (χ1v) is 7.61. The van der Waals surface area contributed by atoms with E-state index in [9.17, 15) is 14.9 Å². The Morgan fingerprint density at radius 1 is 1.36 bits per heavy atom. The van der Waals surface area contributed by atoms with Crippen LogP contribution in [0.5, 0.6) is 0 Å². The second kappa shape index (κ2) is 6.44. The smallest absolute Gasteiger partial charge is 0.345 e. The second-order valence-electron chi connectivity index (χ2n) is 6.41. The number of aryl methyl sites for hydroxylation is 1. The van der Waals surface area contributed by atoms with Gasteiger partial charge < -0.3 is 10.1 Å². The monoisotopic (exact) mass is 307 g/mol. The first kappa shape index (κ1) is 16.4. The summed E-state index contributed by atoms with van der Waals surface area (Å²) >= 11 is 0. The molecular weight excluding hydrogens is 284 g/mol. The Kier molecular flexibility index (Phi) is 4.81. The first-order valence-electron chi connectivity index (χ1n) is 7.61. The van der Waals surface area contributed by atoms with Crippen LogP contribution in [0.4, 0.5) is 5.69 Å². The van der Waals surface area contributed by atoms with Gasteiger partial charge in [-0.15, -0.1) is 0 Å². The van der Waals surface area contributed by atoms with Gasteiger partial charge in [-0.1, -0.05) is 6.07 Å². The van der Waals surface area contributed by atoms with Crippen molar-refractivity contribution in [1.29, 1.82) is 0 Å². The predicted molar refractivity (Wildman–Crippen MR) is 81.7 cm³/mol. The molecular formula is C16H23N2O4+. The molecule has 22 heavy (non-hydrogen) atoms. The second-order valence-corrected chi connectivity index (χ2v) is 6.41. The highest BCUT2D eigenvalue weighted by Gasteiger charge is 2.36. The van der Waals surface area contributed by atoms with Crippen molar-refractivity contribution in [1.82, 2.24) is 0 Å². The van der Waals surface area contributed by atoms with Crippen molar-refractivity contribution in [2.75, 3.05) is 13.1 Å². The van der Waals surface area contributed by atoms with Gasteiger partial charge in [0.2, 0.25) is 0 Å². The number of carbonyl (C=O) groups excluding carboxylic acids is 1. The summed E-state index contributed by atoms with van der Waals surface area (Å²) in [6.45, 7) is 7.63. The molecule has 0 aromatic heterocycles. The van der Waals surface area contributed by atoms with Gasteiger partial charge in [0, 0.05) is 24.8 Å². The summed E-state index contributed by atoms with van der Waals surface area (Å²) in [7, 11) is 0. The maximum absolute atomic E-state index is 12.4. The quantitative estimate of drug-likeness (QED) is 0.522. The molecule has 1 heterocycles. The molecule has 1 saturated heterocycles. The normalized spacial score (nSPS) is 16.3. The van der Waals surface area contributed by atoms with Crippen LogP contribution in [-0.2, 0) is 4.74 Å². The third-order valence-electron chi connectivity index (χ3n) is 4.35. The van der Waals surface area contributed by atoms with E-state index in [-0.39, 0.29) is 17.2 Å². The summed E-state index contributed by atoms with van der Waals surface area (Å²) < 4.78 is 5.65. The molecule has 6 nitrogen and oxygen atoms in total. The number of quaternary nitrogens is 1. The fourth-order valence-corrected chi connectivity index (χ4v) is 2.97. The molecule has 0 aliphatic carbocycles. The van der Waals surface area contributed by atoms with Gasteiger partial charge in [-0.25, -0.2) is 4.79 Å². The highest BCUT2D eigenvalue weighted by molar-refractivity contribution is 5.94. The SMILES string of the molecule is Cc1ccc([N+](=O)[O-])c(C(=O)OC(C)(C)C2CC[NH2+]CC2)c1. The van der Waals surface area contributed by atoms with E-state index in [1.807, 2.05) is 13.8 Å². The molecule has 2 N–H and O–H groups in total. The molecule has 2 rings (SSSR count). The first-order chi connectivity index (χ1) is 10.3. The lowest BCUT2D eigenvalue weighted by molar-refractivity contribution is -0.665. The lowest BCUT2D eigenvalue weighted by Gasteiger charge is -2.35. The van der Waals surface area contributed by atoms with Gasteiger partial charge in [-0.05, 0) is 32.4 Å². The van der Waals surface area contributed by atoms with Crippen molar-refractivity contribution in [3.8, 4) is 0 Å². The molecule has 0 saturated carbocycles. The van der Waals surface area contributed by atoms with Gasteiger partial charge in [0.15, 0.2) is 0 Å². The van der Waals surface area contributed by atoms with Crippen LogP contribution >= 0.6 is 0 Å². The maximum atomic E-state index is 12.4. The number of esters is 1. The van der Waals surface area contributed by atoms with Crippen molar-refractivity contribution in [3.05, 3.63) is 39.4 Å². The van der Waals surface area contributed by atoms with E-state index in [0.29, 0.717) is 0 Å². The van der Waals surface area contributed by atoms with E-state index in [0.717, 1.165) is 31.5 Å². The Morgan fingerprint density at radius 3 is 2.59 bits per heavy atom. The maximum Gasteiger partial charge on any atom is 0.345 e. The molecule has 1 aromatic carbocycles. The van der Waals surface area contributed by atoms with E-state index < -0.39 is 16.5 Å². The number of ether oxygens (including phenoxy) is 1. The number of hydrogen-bond donors (Lipinski definition) is 1. The zero-order valence-electron chi connectivity index (χ0n) is 13.3. The fraction of sp³-hybridized carbons (Fsp3) is 0.562. The molecule has 1 aliphatic heterocycles. The van der Waals surface area contributed by atoms with E-state index in [2.05, 4.69) is 5.32 Å². The Hall–Kier alpha value is -1.95. The fourth-order valence-electron chi connectivity index (χ4n) is 2.97. The molecule has 0 atom stereocenters. The summed E-state index contributed by atoms with van der Waals surface area (Å²) in [5.41, 5.74) is -0.00498. The van der Waals surface area contributed by atoms with Gasteiger partial charge in [-0.3, -0.25) is 10.1 Å². The van der Waals surface area contributed by atoms with Crippen LogP contribution in [0.1, 0.15) is 42.6 Å². The van der Waals surface area contributed by atoms with Crippen LogP contribution in [0, 0.1) is 23.0 Å². The highest BCUT2D eigenvalue weighted by Crippen LogP contribution is 2.30. The van der Waals surface area contributed by atoms with Crippen LogP contribution in [0.3, 0.4) is 0 Å². The molecule has 120 valence electrons. The van der Waals surface area contributed by atoms with Crippen molar-refractivity contribution >= 4 is 11.7 Å². The Labute approximate surface area is 130 Å². The van der Waals surface area contributed by atoms with Crippen LogP contribution in [0.2, 0.25) is 0 Å². The number of nitrogens with two attached hydrogens (primary N) is 1. The average Bonchev–Trinajstić information content (AvgIpc) is 2.47. The minimum absolute atomic E-state index is 0.0282. The minimum Gasteiger partial charge on any atom is -0.456 e. The molecule has 1 aromatic rings. The number of nitrogens with zero attached hydrogens (tertiary/aromatic N) is 1. The topological polar surface area (TPSA) is 86.0 Å². The molecule has 0 amide bonds. The van der Waals surface area contributed by atoms with E-state index in [1.54, 1.807) is 13.0 Å². The molecule has 6 heteroatoms. The number of carbonyl (C=O) groups is 1. The number of benzene rings is 1. The number of rotatable bonds is 4. The summed E-state index contributed by atoms with van der Waals surface area (Å²) in [6, 6.07) is 4.50. The zero-order valence-corrected chi connectivity index (χ0v) is 13.3. The van der Waals surface area contributed by atoms with Crippen molar-refractivity contribution in [2.45, 2.75) is 39.2 Å². The highest BCUT2D eigenvalue weighted by atomic mass is 16.6. The zero-order chi connectivity index (χ0) is 16.3. The van der Waals surface area contributed by atoms with E-state index in [4.69, 9.17) is 4.74 Å². The Morgan fingerprint density at radius 2 is 2.00 bits per heavy atom. The van der Waals surface area contributed by atoms with Crippen LogP contribution in [0.25, 0.3) is 0 Å². The Bertz CT molecular complexity index is 578. The van der Waals surface area contributed by atoms with Crippen LogP contribution in [-0.4, -0.2) is 29.6 Å². The van der Waals surface area contributed by atoms with Gasteiger partial charge >= 0.3 is 5.97 Å². The van der Waals surface area contributed by atoms with Crippen molar-refractivity contribution in [3.63, 3.8) is 0 Å². The van der Waals surface area contributed by atoms with Crippen molar-refractivity contribution < 1.29 is 19.8 Å². The number of piperidine rings is 1. The molecule has 0 unspecified atom stereocenters.